The summed E-state index contributed by atoms with van der Waals surface area (Å²) in [4.78, 5) is 2.39. The predicted octanol–water partition coefficient (Wildman–Crippen LogP) is 2.40. The first-order valence-electron chi connectivity index (χ1n) is 7.69. The van der Waals surface area contributed by atoms with Gasteiger partial charge in [-0.2, -0.15) is 0 Å². The highest BCUT2D eigenvalue weighted by Crippen LogP contribution is 2.48. The van der Waals surface area contributed by atoms with E-state index in [2.05, 4.69) is 46.4 Å². The van der Waals surface area contributed by atoms with Crippen molar-refractivity contribution < 1.29 is 14.6 Å². The van der Waals surface area contributed by atoms with Gasteiger partial charge in [0.15, 0.2) is 5.79 Å². The number of hydrogen-bond donors (Lipinski definition) is 1. The van der Waals surface area contributed by atoms with E-state index in [1.54, 1.807) is 0 Å². The van der Waals surface area contributed by atoms with Crippen LogP contribution in [0.25, 0.3) is 0 Å². The van der Waals surface area contributed by atoms with Crippen LogP contribution in [-0.2, 0) is 9.47 Å². The van der Waals surface area contributed by atoms with Gasteiger partial charge in [0.05, 0.1) is 19.8 Å². The molecule has 0 aliphatic carbocycles. The lowest BCUT2D eigenvalue weighted by atomic mass is 9.75. The minimum Gasteiger partial charge on any atom is -0.395 e. The Morgan fingerprint density at radius 3 is 1.75 bits per heavy atom. The second kappa shape index (κ2) is 4.94. The number of aliphatic hydroxyl groups is 1. The van der Waals surface area contributed by atoms with E-state index in [-0.39, 0.29) is 23.1 Å². The minimum absolute atomic E-state index is 0.0496. The number of β-amino-alcohol motifs (C(OH)–C–C–N with tert-alkyl or cyclic N) is 1. The van der Waals surface area contributed by atoms with Gasteiger partial charge < -0.3 is 14.6 Å². The van der Waals surface area contributed by atoms with Crippen molar-refractivity contribution >= 4 is 0 Å². The lowest BCUT2D eigenvalue weighted by Crippen LogP contribution is -2.68. The van der Waals surface area contributed by atoms with Crippen molar-refractivity contribution in [3.8, 4) is 0 Å². The molecule has 2 aliphatic heterocycles. The minimum atomic E-state index is -0.464. The molecule has 1 N–H and O–H groups in total. The molecule has 2 fully saturated rings. The van der Waals surface area contributed by atoms with E-state index < -0.39 is 5.79 Å². The molecule has 118 valence electrons. The Kier molecular flexibility index (Phi) is 4.00. The summed E-state index contributed by atoms with van der Waals surface area (Å²) in [6.45, 7) is 15.6. The van der Waals surface area contributed by atoms with E-state index in [0.717, 1.165) is 26.1 Å². The number of nitrogens with zero attached hydrogens (tertiary/aromatic N) is 1. The average Bonchev–Trinajstić information content (AvgIpc) is 2.28. The Morgan fingerprint density at radius 1 is 0.900 bits per heavy atom. The largest absolute Gasteiger partial charge is 0.395 e. The van der Waals surface area contributed by atoms with Gasteiger partial charge in [-0.05, 0) is 27.7 Å². The predicted molar refractivity (Wildman–Crippen MR) is 79.6 cm³/mol. The molecule has 2 saturated heterocycles. The number of aliphatic hydroxyl groups excluding tert-OH is 1. The number of hydrogen-bond acceptors (Lipinski definition) is 4. The smallest absolute Gasteiger partial charge is 0.171 e. The molecule has 2 rings (SSSR count). The topological polar surface area (TPSA) is 41.9 Å². The van der Waals surface area contributed by atoms with Crippen LogP contribution in [0.4, 0.5) is 0 Å². The van der Waals surface area contributed by atoms with Crippen molar-refractivity contribution in [3.05, 3.63) is 0 Å². The van der Waals surface area contributed by atoms with Gasteiger partial charge in [-0.1, -0.05) is 13.8 Å². The van der Waals surface area contributed by atoms with Crippen molar-refractivity contribution in [2.45, 2.75) is 71.2 Å². The van der Waals surface area contributed by atoms with Gasteiger partial charge in [-0.25, -0.2) is 0 Å². The number of piperidine rings is 1. The second-order valence-corrected chi connectivity index (χ2v) is 8.51. The molecular weight excluding hydrogens is 254 g/mol. The molecule has 0 saturated carbocycles. The number of rotatable bonds is 2. The van der Waals surface area contributed by atoms with Crippen LogP contribution in [0, 0.1) is 5.41 Å². The molecule has 0 radical (unpaired) electrons. The van der Waals surface area contributed by atoms with Crippen molar-refractivity contribution in [1.29, 1.82) is 0 Å². The normalized spacial score (nSPS) is 31.4. The summed E-state index contributed by atoms with van der Waals surface area (Å²) in [5.41, 5.74) is -0.000303. The second-order valence-electron chi connectivity index (χ2n) is 8.51. The van der Waals surface area contributed by atoms with Crippen molar-refractivity contribution in [2.75, 3.05) is 26.4 Å². The standard InChI is InChI=1S/C16H31NO3/c1-13(2)11-19-16(20-12-13)9-14(3,4)17(7-8-18)15(5,6)10-16/h18H,7-12H2,1-6H3. The summed E-state index contributed by atoms with van der Waals surface area (Å²) in [7, 11) is 0. The average molecular weight is 285 g/mol. The molecule has 2 heterocycles. The van der Waals surface area contributed by atoms with Crippen molar-refractivity contribution in [3.63, 3.8) is 0 Å². The van der Waals surface area contributed by atoms with Gasteiger partial charge in [-0.15, -0.1) is 0 Å². The maximum Gasteiger partial charge on any atom is 0.171 e. The number of likely N-dealkylation sites (tertiary alicyclic amines) is 1. The molecule has 20 heavy (non-hydrogen) atoms. The molecule has 0 aromatic carbocycles. The maximum absolute atomic E-state index is 9.35. The SMILES string of the molecule is CC1(C)COC2(CC(C)(C)N(CCO)C(C)(C)C2)OC1. The molecule has 0 unspecified atom stereocenters. The van der Waals surface area contributed by atoms with Crippen LogP contribution in [0.1, 0.15) is 54.4 Å². The zero-order chi connectivity index (χ0) is 15.2. The summed E-state index contributed by atoms with van der Waals surface area (Å²) >= 11 is 0. The zero-order valence-electron chi connectivity index (χ0n) is 14.0. The quantitative estimate of drug-likeness (QED) is 0.846. The van der Waals surface area contributed by atoms with E-state index >= 15 is 0 Å². The van der Waals surface area contributed by atoms with Gasteiger partial charge in [0.25, 0.3) is 0 Å². The lowest BCUT2D eigenvalue weighted by molar-refractivity contribution is -0.339. The third-order valence-electron chi connectivity index (χ3n) is 4.64. The van der Waals surface area contributed by atoms with E-state index in [1.807, 2.05) is 0 Å². The van der Waals surface area contributed by atoms with Crippen LogP contribution in [0.15, 0.2) is 0 Å². The Bertz CT molecular complexity index is 333. The fraction of sp³-hybridized carbons (Fsp3) is 1.00. The van der Waals surface area contributed by atoms with Gasteiger partial charge in [-0.3, -0.25) is 4.90 Å². The summed E-state index contributed by atoms with van der Waals surface area (Å²) in [6, 6.07) is 0. The van der Waals surface area contributed by atoms with E-state index in [1.165, 1.54) is 0 Å². The van der Waals surface area contributed by atoms with Crippen LogP contribution in [0.3, 0.4) is 0 Å². The fourth-order valence-corrected chi connectivity index (χ4v) is 4.04. The van der Waals surface area contributed by atoms with Crippen molar-refractivity contribution in [1.82, 2.24) is 4.90 Å². The highest BCUT2D eigenvalue weighted by molar-refractivity contribution is 5.04. The van der Waals surface area contributed by atoms with Gasteiger partial charge in [0, 0.05) is 35.9 Å². The number of ether oxygens (including phenoxy) is 2. The molecule has 0 amide bonds. The molecule has 0 aromatic rings. The van der Waals surface area contributed by atoms with Crippen molar-refractivity contribution in [2.24, 2.45) is 5.41 Å². The molecule has 1 spiro atoms. The van der Waals surface area contributed by atoms with Crippen LogP contribution in [-0.4, -0.2) is 53.2 Å². The Morgan fingerprint density at radius 2 is 1.35 bits per heavy atom. The highest BCUT2D eigenvalue weighted by atomic mass is 16.7. The molecule has 2 aliphatic rings. The van der Waals surface area contributed by atoms with Gasteiger partial charge in [0.2, 0.25) is 0 Å². The van der Waals surface area contributed by atoms with E-state index in [9.17, 15) is 5.11 Å². The van der Waals surface area contributed by atoms with Gasteiger partial charge in [0.1, 0.15) is 0 Å². The summed E-state index contributed by atoms with van der Waals surface area (Å²) in [5.74, 6) is -0.464. The molecule has 0 atom stereocenters. The van der Waals surface area contributed by atoms with Crippen LogP contribution in [0.5, 0.6) is 0 Å². The maximum atomic E-state index is 9.35. The lowest BCUT2D eigenvalue weighted by Gasteiger charge is -2.60. The summed E-state index contributed by atoms with van der Waals surface area (Å²) in [5, 5.41) is 9.35. The monoisotopic (exact) mass is 285 g/mol. The summed E-state index contributed by atoms with van der Waals surface area (Å²) in [6.07, 6.45) is 1.69. The zero-order valence-corrected chi connectivity index (χ0v) is 14.0. The van der Waals surface area contributed by atoms with Crippen LogP contribution < -0.4 is 0 Å². The Hall–Kier alpha value is -0.160. The fourth-order valence-electron chi connectivity index (χ4n) is 4.04. The van der Waals surface area contributed by atoms with Crippen LogP contribution >= 0.6 is 0 Å². The molecule has 4 heteroatoms. The first kappa shape index (κ1) is 16.2. The Balaban J connectivity index is 2.21. The highest BCUT2D eigenvalue weighted by Gasteiger charge is 2.55. The molecule has 0 bridgehead atoms. The van der Waals surface area contributed by atoms with Gasteiger partial charge >= 0.3 is 0 Å². The van der Waals surface area contributed by atoms with Crippen LogP contribution in [0.2, 0.25) is 0 Å². The first-order valence-corrected chi connectivity index (χ1v) is 7.69. The first-order chi connectivity index (χ1) is 9.02. The molecule has 0 aromatic heterocycles. The van der Waals surface area contributed by atoms with E-state index in [4.69, 9.17) is 9.47 Å². The Labute approximate surface area is 123 Å². The molecular formula is C16H31NO3. The third kappa shape index (κ3) is 3.03. The molecule has 4 nitrogen and oxygen atoms in total. The summed E-state index contributed by atoms with van der Waals surface area (Å²) < 4.78 is 12.4. The third-order valence-corrected chi connectivity index (χ3v) is 4.64. The van der Waals surface area contributed by atoms with E-state index in [0.29, 0.717) is 6.54 Å².